The highest BCUT2D eigenvalue weighted by molar-refractivity contribution is 5.17. The Bertz CT molecular complexity index is 504. The minimum atomic E-state index is 0.790. The van der Waals surface area contributed by atoms with Crippen molar-refractivity contribution in [2.45, 2.75) is 32.1 Å². The Morgan fingerprint density at radius 2 is 1.08 bits per heavy atom. The summed E-state index contributed by atoms with van der Waals surface area (Å²) >= 11 is 0. The Kier molecular flexibility index (Phi) is 4.33. The van der Waals surface area contributed by atoms with Crippen LogP contribution in [0.2, 0.25) is 0 Å². The lowest BCUT2D eigenvalue weighted by atomic mass is 9.71. The molecule has 5 aliphatic carbocycles. The summed E-state index contributed by atoms with van der Waals surface area (Å²) in [7, 11) is 3.78. The Morgan fingerprint density at radius 1 is 0.640 bits per heavy atom. The zero-order chi connectivity index (χ0) is 17.0. The van der Waals surface area contributed by atoms with Crippen LogP contribution in [0.1, 0.15) is 32.1 Å². The largest absolute Gasteiger partial charge is 0.384 e. The van der Waals surface area contributed by atoms with Gasteiger partial charge in [0.15, 0.2) is 0 Å². The van der Waals surface area contributed by atoms with E-state index in [4.69, 9.17) is 9.47 Å². The minimum absolute atomic E-state index is 0.790. The monoisotopic (exact) mass is 342 g/mol. The summed E-state index contributed by atoms with van der Waals surface area (Å²) in [5.41, 5.74) is 0. The summed E-state index contributed by atoms with van der Waals surface area (Å²) in [6, 6.07) is 0. The summed E-state index contributed by atoms with van der Waals surface area (Å²) in [6.07, 6.45) is 17.3. The van der Waals surface area contributed by atoms with Gasteiger partial charge < -0.3 is 9.47 Å². The molecule has 0 aromatic carbocycles. The molecule has 3 fully saturated rings. The van der Waals surface area contributed by atoms with Crippen LogP contribution in [-0.2, 0) is 9.47 Å². The second kappa shape index (κ2) is 6.53. The van der Waals surface area contributed by atoms with Gasteiger partial charge in [0.2, 0.25) is 0 Å². The highest BCUT2D eigenvalue weighted by Crippen LogP contribution is 2.59. The van der Waals surface area contributed by atoms with Crippen molar-refractivity contribution in [3.8, 4) is 0 Å². The third-order valence-electron chi connectivity index (χ3n) is 8.70. The van der Waals surface area contributed by atoms with E-state index in [2.05, 4.69) is 24.3 Å². The first-order valence-electron chi connectivity index (χ1n) is 10.6. The predicted molar refractivity (Wildman–Crippen MR) is 100 cm³/mol. The van der Waals surface area contributed by atoms with Crippen molar-refractivity contribution in [1.82, 2.24) is 0 Å². The molecule has 5 rings (SSSR count). The molecule has 5 aliphatic rings. The third-order valence-corrected chi connectivity index (χ3v) is 8.70. The van der Waals surface area contributed by atoms with E-state index in [1.54, 1.807) is 0 Å². The maximum Gasteiger partial charge on any atom is 0.0499 e. The van der Waals surface area contributed by atoms with E-state index < -0.39 is 0 Å². The standard InChI is InChI=1S/C23H34O2/c1-24-12-20-14-3-5-16(9-14)22(20)18-7-8-19(11-18)23-17-6-4-15(10-17)21(23)13-25-2/h3-6,14-23H,7-13H2,1-2H3/t14-,15+,16+,17-,18?,19?,20?,21?,22-,23+. The van der Waals surface area contributed by atoms with Crippen molar-refractivity contribution in [2.24, 2.45) is 59.2 Å². The SMILES string of the molecule is COCC1[C@@H](C2CCC([C@H]3C(COC)[C@H]4C=C[C@@H]3C4)C2)[C@H]2C=C[C@@H]1C2. The summed E-state index contributed by atoms with van der Waals surface area (Å²) in [6.45, 7) is 1.95. The van der Waals surface area contributed by atoms with Gasteiger partial charge in [-0.15, -0.1) is 0 Å². The molecule has 0 aromatic heterocycles. The van der Waals surface area contributed by atoms with Gasteiger partial charge in [-0.1, -0.05) is 24.3 Å². The fourth-order valence-corrected chi connectivity index (χ4v) is 7.93. The Balaban J connectivity index is 1.30. The predicted octanol–water partition coefficient (Wildman–Crippen LogP) is 4.57. The lowest BCUT2D eigenvalue weighted by Gasteiger charge is -2.35. The summed E-state index contributed by atoms with van der Waals surface area (Å²) in [5, 5.41) is 0. The van der Waals surface area contributed by atoms with Crippen LogP contribution in [0.3, 0.4) is 0 Å². The number of hydrogen-bond donors (Lipinski definition) is 0. The van der Waals surface area contributed by atoms with Gasteiger partial charge in [-0.2, -0.15) is 0 Å². The molecule has 0 aliphatic heterocycles. The van der Waals surface area contributed by atoms with Crippen LogP contribution < -0.4 is 0 Å². The van der Waals surface area contributed by atoms with Crippen molar-refractivity contribution in [3.63, 3.8) is 0 Å². The van der Waals surface area contributed by atoms with E-state index in [-0.39, 0.29) is 0 Å². The molecule has 138 valence electrons. The van der Waals surface area contributed by atoms with E-state index in [0.29, 0.717) is 0 Å². The molecule has 0 radical (unpaired) electrons. The van der Waals surface area contributed by atoms with Gasteiger partial charge in [-0.25, -0.2) is 0 Å². The van der Waals surface area contributed by atoms with Gasteiger partial charge in [0.05, 0.1) is 0 Å². The highest BCUT2D eigenvalue weighted by atomic mass is 16.5. The van der Waals surface area contributed by atoms with Gasteiger partial charge in [0.25, 0.3) is 0 Å². The molecule has 4 unspecified atom stereocenters. The molecule has 0 saturated heterocycles. The molecule has 0 aromatic rings. The molecule has 3 saturated carbocycles. The van der Waals surface area contributed by atoms with Crippen molar-refractivity contribution < 1.29 is 9.47 Å². The third kappa shape index (κ3) is 2.58. The first-order valence-corrected chi connectivity index (χ1v) is 10.6. The first-order chi connectivity index (χ1) is 12.3. The zero-order valence-electron chi connectivity index (χ0n) is 15.8. The Labute approximate surface area is 153 Å². The molecule has 10 atom stereocenters. The van der Waals surface area contributed by atoms with E-state index >= 15 is 0 Å². The molecule has 0 spiro atoms. The molecule has 2 heteroatoms. The average Bonchev–Trinajstić information content (AvgIpc) is 3.41. The highest BCUT2D eigenvalue weighted by Gasteiger charge is 2.53. The van der Waals surface area contributed by atoms with Crippen molar-refractivity contribution in [2.75, 3.05) is 27.4 Å². The van der Waals surface area contributed by atoms with Crippen LogP contribution in [0.4, 0.5) is 0 Å². The maximum atomic E-state index is 5.62. The fraction of sp³-hybridized carbons (Fsp3) is 0.826. The topological polar surface area (TPSA) is 18.5 Å². The van der Waals surface area contributed by atoms with Gasteiger partial charge in [0, 0.05) is 27.4 Å². The van der Waals surface area contributed by atoms with Crippen molar-refractivity contribution >= 4 is 0 Å². The van der Waals surface area contributed by atoms with Crippen LogP contribution in [0.5, 0.6) is 0 Å². The first kappa shape index (κ1) is 16.6. The smallest absolute Gasteiger partial charge is 0.0499 e. The van der Waals surface area contributed by atoms with Gasteiger partial charge in [-0.3, -0.25) is 0 Å². The second-order valence-electron chi connectivity index (χ2n) is 9.62. The molecule has 0 N–H and O–H groups in total. The molecular weight excluding hydrogens is 308 g/mol. The van der Waals surface area contributed by atoms with Crippen molar-refractivity contribution in [1.29, 1.82) is 0 Å². The Morgan fingerprint density at radius 3 is 1.52 bits per heavy atom. The number of ether oxygens (including phenoxy) is 2. The number of allylic oxidation sites excluding steroid dienone is 4. The average molecular weight is 343 g/mol. The Hall–Kier alpha value is -0.600. The number of rotatable bonds is 6. The van der Waals surface area contributed by atoms with Crippen LogP contribution in [0.15, 0.2) is 24.3 Å². The zero-order valence-corrected chi connectivity index (χ0v) is 15.8. The molecule has 25 heavy (non-hydrogen) atoms. The van der Waals surface area contributed by atoms with Gasteiger partial charge in [-0.05, 0) is 91.3 Å². The molecule has 2 nitrogen and oxygen atoms in total. The number of fused-ring (bicyclic) bond motifs is 4. The fourth-order valence-electron chi connectivity index (χ4n) is 7.93. The van der Waals surface area contributed by atoms with Crippen LogP contribution >= 0.6 is 0 Å². The maximum absolute atomic E-state index is 5.62. The van der Waals surface area contributed by atoms with E-state index in [1.165, 1.54) is 32.1 Å². The molecule has 0 amide bonds. The van der Waals surface area contributed by atoms with Crippen LogP contribution in [0.25, 0.3) is 0 Å². The van der Waals surface area contributed by atoms with Crippen LogP contribution in [0, 0.1) is 59.2 Å². The van der Waals surface area contributed by atoms with E-state index in [0.717, 1.165) is 72.4 Å². The summed E-state index contributed by atoms with van der Waals surface area (Å²) < 4.78 is 11.2. The molecule has 4 bridgehead atoms. The number of hydrogen-bond acceptors (Lipinski definition) is 2. The quantitative estimate of drug-likeness (QED) is 0.658. The molecule has 0 heterocycles. The second-order valence-corrected chi connectivity index (χ2v) is 9.62. The van der Waals surface area contributed by atoms with Crippen molar-refractivity contribution in [3.05, 3.63) is 24.3 Å². The van der Waals surface area contributed by atoms with Gasteiger partial charge in [0.1, 0.15) is 0 Å². The number of methoxy groups -OCH3 is 2. The summed E-state index contributed by atoms with van der Waals surface area (Å²) in [4.78, 5) is 0. The van der Waals surface area contributed by atoms with E-state index in [9.17, 15) is 0 Å². The van der Waals surface area contributed by atoms with Crippen LogP contribution in [-0.4, -0.2) is 27.4 Å². The molecular formula is C23H34O2. The lowest BCUT2D eigenvalue weighted by Crippen LogP contribution is -2.31. The minimum Gasteiger partial charge on any atom is -0.384 e. The normalized spacial score (nSPS) is 52.7. The van der Waals surface area contributed by atoms with Gasteiger partial charge >= 0.3 is 0 Å². The van der Waals surface area contributed by atoms with E-state index in [1.807, 2.05) is 14.2 Å². The lowest BCUT2D eigenvalue weighted by molar-refractivity contribution is 0.0762. The summed E-state index contributed by atoms with van der Waals surface area (Å²) in [5.74, 6) is 8.57.